The number of carbonyl (C=O) groups excluding carboxylic acids is 1. The minimum atomic E-state index is -0.895. The average molecular weight is 270 g/mol. The molecule has 1 amide bonds. The number of halogens is 1. The van der Waals surface area contributed by atoms with E-state index in [4.69, 9.17) is 21.4 Å². The highest BCUT2D eigenvalue weighted by atomic mass is 35.5. The predicted molar refractivity (Wildman–Crippen MR) is 65.9 cm³/mol. The van der Waals surface area contributed by atoms with Crippen molar-refractivity contribution in [2.24, 2.45) is 0 Å². The van der Waals surface area contributed by atoms with Gasteiger partial charge in [-0.1, -0.05) is 23.7 Å². The van der Waals surface area contributed by atoms with Gasteiger partial charge in [0.1, 0.15) is 6.61 Å². The maximum atomic E-state index is 11.7. The van der Waals surface area contributed by atoms with Crippen LogP contribution in [0.1, 0.15) is 12.8 Å². The van der Waals surface area contributed by atoms with Gasteiger partial charge in [0.25, 0.3) is 0 Å². The van der Waals surface area contributed by atoms with Gasteiger partial charge in [-0.3, -0.25) is 9.69 Å². The number of amides is 1. The summed E-state index contributed by atoms with van der Waals surface area (Å²) >= 11 is 6.03. The van der Waals surface area contributed by atoms with Crippen LogP contribution in [-0.2, 0) is 9.53 Å². The first kappa shape index (κ1) is 12.7. The van der Waals surface area contributed by atoms with Gasteiger partial charge in [0.2, 0.25) is 0 Å². The summed E-state index contributed by atoms with van der Waals surface area (Å²) in [6.45, 7) is 0.192. The Hall–Kier alpha value is -1.75. The zero-order valence-corrected chi connectivity index (χ0v) is 10.3. The lowest BCUT2D eigenvalue weighted by atomic mass is 10.1. The molecule has 1 unspecified atom stereocenters. The molecule has 96 valence electrons. The first-order chi connectivity index (χ1) is 8.59. The standard InChI is InChI=1S/C12H12ClNO4/c13-9-3-1-2-4-10(9)14-8(5-6-11(15)16)7-18-12(14)17/h1-4,8H,5-7H2,(H,15,16). The zero-order valence-electron chi connectivity index (χ0n) is 9.51. The van der Waals surface area contributed by atoms with Crippen LogP contribution in [0.3, 0.4) is 0 Å². The molecule has 18 heavy (non-hydrogen) atoms. The number of rotatable bonds is 4. The summed E-state index contributed by atoms with van der Waals surface area (Å²) in [5.41, 5.74) is 0.553. The lowest BCUT2D eigenvalue weighted by molar-refractivity contribution is -0.137. The molecule has 1 aliphatic heterocycles. The van der Waals surface area contributed by atoms with E-state index in [1.165, 1.54) is 4.90 Å². The van der Waals surface area contributed by atoms with Gasteiger partial charge in [0.15, 0.2) is 0 Å². The van der Waals surface area contributed by atoms with Crippen LogP contribution in [-0.4, -0.2) is 29.8 Å². The van der Waals surface area contributed by atoms with Gasteiger partial charge < -0.3 is 9.84 Å². The van der Waals surface area contributed by atoms with E-state index in [1.807, 2.05) is 0 Å². The molecule has 1 aromatic rings. The van der Waals surface area contributed by atoms with Crippen molar-refractivity contribution in [3.63, 3.8) is 0 Å². The zero-order chi connectivity index (χ0) is 13.1. The molecular weight excluding hydrogens is 258 g/mol. The molecule has 0 saturated carbocycles. The summed E-state index contributed by atoms with van der Waals surface area (Å²) in [4.78, 5) is 23.7. The second-order valence-corrected chi connectivity index (χ2v) is 4.39. The molecule has 1 aliphatic rings. The number of para-hydroxylation sites is 1. The number of anilines is 1. The molecule has 1 saturated heterocycles. The lowest BCUT2D eigenvalue weighted by Crippen LogP contribution is -2.34. The topological polar surface area (TPSA) is 66.8 Å². The Morgan fingerprint density at radius 1 is 1.50 bits per heavy atom. The Bertz CT molecular complexity index is 477. The van der Waals surface area contributed by atoms with Crippen molar-refractivity contribution in [1.29, 1.82) is 0 Å². The largest absolute Gasteiger partial charge is 0.481 e. The van der Waals surface area contributed by atoms with E-state index in [9.17, 15) is 9.59 Å². The summed E-state index contributed by atoms with van der Waals surface area (Å²) < 4.78 is 4.96. The van der Waals surface area contributed by atoms with Crippen LogP contribution in [0.25, 0.3) is 0 Å². The number of aliphatic carboxylic acids is 1. The van der Waals surface area contributed by atoms with Gasteiger partial charge in [0, 0.05) is 6.42 Å². The van der Waals surface area contributed by atoms with Gasteiger partial charge in [-0.15, -0.1) is 0 Å². The normalized spacial score (nSPS) is 18.8. The van der Waals surface area contributed by atoms with Gasteiger partial charge >= 0.3 is 12.1 Å². The first-order valence-corrected chi connectivity index (χ1v) is 5.89. The van der Waals surface area contributed by atoms with Crippen molar-refractivity contribution in [2.45, 2.75) is 18.9 Å². The number of ether oxygens (including phenoxy) is 1. The Morgan fingerprint density at radius 2 is 2.22 bits per heavy atom. The number of cyclic esters (lactones) is 1. The number of carbonyl (C=O) groups is 2. The molecule has 1 heterocycles. The summed E-state index contributed by atoms with van der Waals surface area (Å²) in [5, 5.41) is 9.12. The van der Waals surface area contributed by atoms with E-state index in [1.54, 1.807) is 24.3 Å². The van der Waals surface area contributed by atoms with Crippen molar-refractivity contribution in [3.05, 3.63) is 29.3 Å². The number of nitrogens with zero attached hydrogens (tertiary/aromatic N) is 1. The van der Waals surface area contributed by atoms with E-state index in [-0.39, 0.29) is 19.1 Å². The maximum Gasteiger partial charge on any atom is 0.414 e. The average Bonchev–Trinajstić information content (AvgIpc) is 2.69. The van der Waals surface area contributed by atoms with Gasteiger partial charge in [-0.05, 0) is 18.6 Å². The Labute approximate surface area is 109 Å². The molecule has 5 nitrogen and oxygen atoms in total. The highest BCUT2D eigenvalue weighted by Gasteiger charge is 2.35. The fraction of sp³-hybridized carbons (Fsp3) is 0.333. The number of carboxylic acid groups (broad SMARTS) is 1. The van der Waals surface area contributed by atoms with Crippen LogP contribution in [0, 0.1) is 0 Å². The van der Waals surface area contributed by atoms with Crippen molar-refractivity contribution in [2.75, 3.05) is 11.5 Å². The summed E-state index contributed by atoms with van der Waals surface area (Å²) in [7, 11) is 0. The van der Waals surface area contributed by atoms with Gasteiger partial charge in [-0.25, -0.2) is 4.79 Å². The Morgan fingerprint density at radius 3 is 2.89 bits per heavy atom. The highest BCUT2D eigenvalue weighted by molar-refractivity contribution is 6.33. The molecule has 1 atom stereocenters. The van der Waals surface area contributed by atoms with Crippen LogP contribution >= 0.6 is 11.6 Å². The lowest BCUT2D eigenvalue weighted by Gasteiger charge is -2.21. The van der Waals surface area contributed by atoms with E-state index in [0.717, 1.165) is 0 Å². The molecule has 0 radical (unpaired) electrons. The van der Waals surface area contributed by atoms with Crippen molar-refractivity contribution >= 4 is 29.4 Å². The van der Waals surface area contributed by atoms with E-state index in [0.29, 0.717) is 17.1 Å². The molecule has 0 bridgehead atoms. The molecular formula is C12H12ClNO4. The maximum absolute atomic E-state index is 11.7. The quantitative estimate of drug-likeness (QED) is 0.912. The van der Waals surface area contributed by atoms with Crippen molar-refractivity contribution in [3.8, 4) is 0 Å². The molecule has 0 aliphatic carbocycles. The summed E-state index contributed by atoms with van der Waals surface area (Å²) in [5.74, 6) is -0.895. The van der Waals surface area contributed by atoms with E-state index < -0.39 is 12.1 Å². The van der Waals surface area contributed by atoms with Gasteiger partial charge in [-0.2, -0.15) is 0 Å². The fourth-order valence-corrected chi connectivity index (χ4v) is 2.13. The second kappa shape index (κ2) is 5.27. The van der Waals surface area contributed by atoms with Crippen LogP contribution in [0.15, 0.2) is 24.3 Å². The second-order valence-electron chi connectivity index (χ2n) is 3.98. The van der Waals surface area contributed by atoms with Crippen LogP contribution in [0.4, 0.5) is 10.5 Å². The van der Waals surface area contributed by atoms with Gasteiger partial charge in [0.05, 0.1) is 16.8 Å². The number of benzene rings is 1. The Balaban J connectivity index is 2.20. The fourth-order valence-electron chi connectivity index (χ4n) is 1.91. The van der Waals surface area contributed by atoms with Crippen molar-refractivity contribution < 1.29 is 19.4 Å². The third kappa shape index (κ3) is 2.56. The van der Waals surface area contributed by atoms with Crippen LogP contribution < -0.4 is 4.90 Å². The summed E-state index contributed by atoms with van der Waals surface area (Å²) in [6.07, 6.45) is -0.160. The van der Waals surface area contributed by atoms with E-state index in [2.05, 4.69) is 0 Å². The van der Waals surface area contributed by atoms with Crippen molar-refractivity contribution in [1.82, 2.24) is 0 Å². The Kier molecular flexibility index (Phi) is 3.72. The molecule has 6 heteroatoms. The third-order valence-electron chi connectivity index (χ3n) is 2.76. The predicted octanol–water partition coefficient (Wildman–Crippen LogP) is 2.53. The molecule has 2 rings (SSSR count). The molecule has 0 spiro atoms. The number of hydrogen-bond acceptors (Lipinski definition) is 3. The molecule has 1 aromatic carbocycles. The number of hydrogen-bond donors (Lipinski definition) is 1. The van der Waals surface area contributed by atoms with Crippen LogP contribution in [0.2, 0.25) is 5.02 Å². The van der Waals surface area contributed by atoms with E-state index >= 15 is 0 Å². The molecule has 1 N–H and O–H groups in total. The molecule has 0 aromatic heterocycles. The minimum Gasteiger partial charge on any atom is -0.481 e. The minimum absolute atomic E-state index is 0.0116. The monoisotopic (exact) mass is 269 g/mol. The van der Waals surface area contributed by atoms with Crippen LogP contribution in [0.5, 0.6) is 0 Å². The summed E-state index contributed by atoms with van der Waals surface area (Å²) in [6, 6.07) is 6.63. The number of carboxylic acids is 1. The SMILES string of the molecule is O=C(O)CCC1COC(=O)N1c1ccccc1Cl. The third-order valence-corrected chi connectivity index (χ3v) is 3.08. The first-order valence-electron chi connectivity index (χ1n) is 5.52. The highest BCUT2D eigenvalue weighted by Crippen LogP contribution is 2.31. The smallest absolute Gasteiger partial charge is 0.414 e. The molecule has 1 fully saturated rings.